The van der Waals surface area contributed by atoms with Crippen LogP contribution in [-0.2, 0) is 6.18 Å². The van der Waals surface area contributed by atoms with E-state index in [0.717, 1.165) is 23.1 Å². The molecule has 0 radical (unpaired) electrons. The summed E-state index contributed by atoms with van der Waals surface area (Å²) in [7, 11) is 0. The van der Waals surface area contributed by atoms with Gasteiger partial charge in [0.25, 0.3) is 5.91 Å². The Morgan fingerprint density at radius 1 is 1.07 bits per heavy atom. The van der Waals surface area contributed by atoms with Gasteiger partial charge in [-0.1, -0.05) is 17.7 Å². The number of furan rings is 1. The lowest BCUT2D eigenvalue weighted by Crippen LogP contribution is -2.48. The molecule has 2 heterocycles. The Balaban J connectivity index is 1.49. The minimum absolute atomic E-state index is 0.224. The maximum absolute atomic E-state index is 13.0. The molecule has 1 fully saturated rings. The number of piperazine rings is 1. The first-order valence-electron chi connectivity index (χ1n) is 9.14. The van der Waals surface area contributed by atoms with Crippen molar-refractivity contribution in [1.82, 2.24) is 4.90 Å². The number of anilines is 1. The van der Waals surface area contributed by atoms with Crippen LogP contribution in [-0.4, -0.2) is 37.0 Å². The number of fused-ring (bicyclic) bond motifs is 1. The molecular formula is C21H18ClF3N2O2. The van der Waals surface area contributed by atoms with E-state index in [4.69, 9.17) is 16.0 Å². The van der Waals surface area contributed by atoms with Crippen molar-refractivity contribution in [2.45, 2.75) is 13.1 Å². The van der Waals surface area contributed by atoms with Crippen LogP contribution >= 0.6 is 11.6 Å². The fraction of sp³-hybridized carbons (Fsp3) is 0.286. The molecule has 0 bridgehead atoms. The average molecular weight is 423 g/mol. The molecule has 1 aromatic heterocycles. The van der Waals surface area contributed by atoms with Crippen LogP contribution < -0.4 is 4.90 Å². The fourth-order valence-corrected chi connectivity index (χ4v) is 3.76. The van der Waals surface area contributed by atoms with Gasteiger partial charge in [0.15, 0.2) is 5.76 Å². The minimum atomic E-state index is -4.38. The zero-order chi connectivity index (χ0) is 20.8. The molecule has 152 valence electrons. The maximum atomic E-state index is 13.0. The number of rotatable bonds is 2. The van der Waals surface area contributed by atoms with Crippen LogP contribution in [0.15, 0.2) is 46.9 Å². The van der Waals surface area contributed by atoms with Gasteiger partial charge in [-0.2, -0.15) is 13.2 Å². The van der Waals surface area contributed by atoms with Gasteiger partial charge in [0.05, 0.1) is 5.56 Å². The van der Waals surface area contributed by atoms with Crippen LogP contribution in [0.5, 0.6) is 0 Å². The molecular weight excluding hydrogens is 405 g/mol. The molecule has 0 aliphatic carbocycles. The van der Waals surface area contributed by atoms with Crippen molar-refractivity contribution in [1.29, 1.82) is 0 Å². The Hall–Kier alpha value is -2.67. The largest absolute Gasteiger partial charge is 0.451 e. The highest BCUT2D eigenvalue weighted by atomic mass is 35.5. The van der Waals surface area contributed by atoms with E-state index >= 15 is 0 Å². The van der Waals surface area contributed by atoms with Crippen LogP contribution in [0.1, 0.15) is 21.7 Å². The second-order valence-electron chi connectivity index (χ2n) is 7.02. The van der Waals surface area contributed by atoms with E-state index in [1.54, 1.807) is 29.2 Å². The summed E-state index contributed by atoms with van der Waals surface area (Å²) in [6, 6.07) is 10.4. The number of hydrogen-bond donors (Lipinski definition) is 0. The maximum Gasteiger partial charge on any atom is 0.416 e. The molecule has 0 N–H and O–H groups in total. The third-order valence-corrected chi connectivity index (χ3v) is 5.43. The highest BCUT2D eigenvalue weighted by Crippen LogP contribution is 2.32. The van der Waals surface area contributed by atoms with Gasteiger partial charge in [0.2, 0.25) is 0 Å². The third kappa shape index (κ3) is 3.79. The first-order valence-corrected chi connectivity index (χ1v) is 9.52. The van der Waals surface area contributed by atoms with Gasteiger partial charge in [0.1, 0.15) is 5.58 Å². The Morgan fingerprint density at radius 3 is 2.48 bits per heavy atom. The van der Waals surface area contributed by atoms with Crippen LogP contribution in [0.4, 0.5) is 18.9 Å². The molecule has 2 aromatic carbocycles. The summed E-state index contributed by atoms with van der Waals surface area (Å²) in [5.74, 6) is 0.0494. The molecule has 8 heteroatoms. The lowest BCUT2D eigenvalue weighted by Gasteiger charge is -2.36. The van der Waals surface area contributed by atoms with Crippen LogP contribution in [0, 0.1) is 6.92 Å². The monoisotopic (exact) mass is 422 g/mol. The summed E-state index contributed by atoms with van der Waals surface area (Å²) < 4.78 is 44.6. The summed E-state index contributed by atoms with van der Waals surface area (Å²) in [5, 5.41) is 1.36. The number of halogens is 4. The van der Waals surface area contributed by atoms with E-state index < -0.39 is 11.7 Å². The van der Waals surface area contributed by atoms with Crippen molar-refractivity contribution in [3.8, 4) is 0 Å². The standard InChI is InChI=1S/C21H18ClF3N2O2/c1-13-17-12-15(22)5-6-18(17)29-19(13)20(28)27-9-7-26(8-10-27)16-4-2-3-14(11-16)21(23,24)25/h2-6,11-12H,7-10H2,1H3. The Labute approximate surface area is 170 Å². The zero-order valence-electron chi connectivity index (χ0n) is 15.6. The molecule has 0 unspecified atom stereocenters. The average Bonchev–Trinajstić information content (AvgIpc) is 3.03. The normalized spacial score (nSPS) is 15.2. The first kappa shape index (κ1) is 19.6. The molecule has 1 amide bonds. The number of aryl methyl sites for hydroxylation is 1. The van der Waals surface area contributed by atoms with Gasteiger partial charge in [-0.15, -0.1) is 0 Å². The van der Waals surface area contributed by atoms with Gasteiger partial charge in [0, 0.05) is 47.8 Å². The Bertz CT molecular complexity index is 1070. The Morgan fingerprint density at radius 2 is 1.79 bits per heavy atom. The second-order valence-corrected chi connectivity index (χ2v) is 7.46. The molecule has 1 saturated heterocycles. The zero-order valence-corrected chi connectivity index (χ0v) is 16.3. The first-order chi connectivity index (χ1) is 13.7. The van der Waals surface area contributed by atoms with Crippen molar-refractivity contribution in [3.05, 3.63) is 64.4 Å². The molecule has 0 saturated carbocycles. The molecule has 1 aliphatic heterocycles. The van der Waals surface area contributed by atoms with Gasteiger partial charge in [-0.05, 0) is 43.3 Å². The van der Waals surface area contributed by atoms with E-state index in [2.05, 4.69) is 0 Å². The highest BCUT2D eigenvalue weighted by molar-refractivity contribution is 6.31. The number of hydrogen-bond acceptors (Lipinski definition) is 3. The van der Waals surface area contributed by atoms with Crippen molar-refractivity contribution in [3.63, 3.8) is 0 Å². The molecule has 0 atom stereocenters. The lowest BCUT2D eigenvalue weighted by atomic mass is 10.1. The summed E-state index contributed by atoms with van der Waals surface area (Å²) in [6.07, 6.45) is -4.38. The lowest BCUT2D eigenvalue weighted by molar-refractivity contribution is -0.137. The minimum Gasteiger partial charge on any atom is -0.451 e. The van der Waals surface area contributed by atoms with E-state index in [1.165, 1.54) is 6.07 Å². The summed E-state index contributed by atoms with van der Waals surface area (Å²) in [6.45, 7) is 3.49. The predicted molar refractivity (Wildman–Crippen MR) is 106 cm³/mol. The van der Waals surface area contributed by atoms with Crippen LogP contribution in [0.2, 0.25) is 5.02 Å². The number of alkyl halides is 3. The second kappa shape index (κ2) is 7.30. The third-order valence-electron chi connectivity index (χ3n) is 5.20. The number of carbonyl (C=O) groups is 1. The van der Waals surface area contributed by atoms with E-state index in [-0.39, 0.29) is 11.7 Å². The topological polar surface area (TPSA) is 36.7 Å². The Kier molecular flexibility index (Phi) is 4.94. The van der Waals surface area contributed by atoms with Gasteiger partial charge in [-0.25, -0.2) is 0 Å². The van der Waals surface area contributed by atoms with E-state index in [9.17, 15) is 18.0 Å². The smallest absolute Gasteiger partial charge is 0.416 e. The highest BCUT2D eigenvalue weighted by Gasteiger charge is 2.32. The van der Waals surface area contributed by atoms with Crippen LogP contribution in [0.3, 0.4) is 0 Å². The van der Waals surface area contributed by atoms with Crippen molar-refractivity contribution >= 4 is 34.2 Å². The number of benzene rings is 2. The predicted octanol–water partition coefficient (Wildman–Crippen LogP) is 5.38. The van der Waals surface area contributed by atoms with Gasteiger partial charge < -0.3 is 14.2 Å². The molecule has 3 aromatic rings. The SMILES string of the molecule is Cc1c(C(=O)N2CCN(c3cccc(C(F)(F)F)c3)CC2)oc2ccc(Cl)cc12. The number of carbonyl (C=O) groups excluding carboxylic acids is 1. The molecule has 29 heavy (non-hydrogen) atoms. The molecule has 1 aliphatic rings. The summed E-state index contributed by atoms with van der Waals surface area (Å²) in [5.41, 5.74) is 1.15. The van der Waals surface area contributed by atoms with Gasteiger partial charge >= 0.3 is 6.18 Å². The number of nitrogens with zero attached hydrogens (tertiary/aromatic N) is 2. The van der Waals surface area contributed by atoms with Crippen molar-refractivity contribution in [2.24, 2.45) is 0 Å². The molecule has 0 spiro atoms. The quantitative estimate of drug-likeness (QED) is 0.556. The van der Waals surface area contributed by atoms with Crippen LogP contribution in [0.25, 0.3) is 11.0 Å². The molecule has 4 rings (SSSR count). The summed E-state index contributed by atoms with van der Waals surface area (Å²) in [4.78, 5) is 16.5. The van der Waals surface area contributed by atoms with Gasteiger partial charge in [-0.3, -0.25) is 4.79 Å². The van der Waals surface area contributed by atoms with E-state index in [1.807, 2.05) is 11.8 Å². The van der Waals surface area contributed by atoms with Crippen molar-refractivity contribution in [2.75, 3.05) is 31.1 Å². The summed E-state index contributed by atoms with van der Waals surface area (Å²) >= 11 is 6.03. The number of amides is 1. The fourth-order valence-electron chi connectivity index (χ4n) is 3.59. The van der Waals surface area contributed by atoms with Crippen molar-refractivity contribution < 1.29 is 22.4 Å². The molecule has 4 nitrogen and oxygen atoms in total. The van der Waals surface area contributed by atoms with E-state index in [0.29, 0.717) is 42.5 Å².